The largest absolute Gasteiger partial charge is 0.497 e. The molecule has 0 saturated carbocycles. The summed E-state index contributed by atoms with van der Waals surface area (Å²) in [4.78, 5) is 13.3. The molecule has 3 aromatic carbocycles. The van der Waals surface area contributed by atoms with E-state index < -0.39 is 0 Å². The molecule has 1 heterocycles. The maximum atomic E-state index is 12.3. The Balaban J connectivity index is 1.29. The van der Waals surface area contributed by atoms with Gasteiger partial charge in [0.05, 0.1) is 24.6 Å². The van der Waals surface area contributed by atoms with Crippen molar-refractivity contribution in [3.8, 4) is 5.75 Å². The summed E-state index contributed by atoms with van der Waals surface area (Å²) in [7, 11) is 1.69. The molecule has 2 N–H and O–H groups in total. The van der Waals surface area contributed by atoms with Gasteiger partial charge in [-0.05, 0) is 72.4 Å². The SMILES string of the molecule is COc1ccc([C@@H]2Nc3ccc(/C(C)=N\NC(=O)CSc4ccccc4)cc3[C@@H]3C=CC[C@@H]32)cc1. The smallest absolute Gasteiger partial charge is 0.250 e. The number of carbonyl (C=O) groups excluding carboxylic acids is 1. The number of methoxy groups -OCH3 is 1. The lowest BCUT2D eigenvalue weighted by Gasteiger charge is -2.37. The van der Waals surface area contributed by atoms with E-state index in [1.54, 1.807) is 7.11 Å². The van der Waals surface area contributed by atoms with E-state index in [1.165, 1.54) is 22.9 Å². The number of hydrazone groups is 1. The monoisotopic (exact) mass is 483 g/mol. The molecule has 2 aliphatic rings. The van der Waals surface area contributed by atoms with Gasteiger partial charge in [0.25, 0.3) is 0 Å². The van der Waals surface area contributed by atoms with Crippen molar-refractivity contribution in [1.29, 1.82) is 0 Å². The summed E-state index contributed by atoms with van der Waals surface area (Å²) < 4.78 is 5.33. The number of nitrogens with zero attached hydrogens (tertiary/aromatic N) is 1. The van der Waals surface area contributed by atoms with Crippen molar-refractivity contribution in [1.82, 2.24) is 5.43 Å². The van der Waals surface area contributed by atoms with Crippen LogP contribution in [0.3, 0.4) is 0 Å². The Morgan fingerprint density at radius 3 is 2.69 bits per heavy atom. The average Bonchev–Trinajstić information content (AvgIpc) is 3.41. The van der Waals surface area contributed by atoms with Gasteiger partial charge >= 0.3 is 0 Å². The van der Waals surface area contributed by atoms with Crippen LogP contribution < -0.4 is 15.5 Å². The van der Waals surface area contributed by atoms with Crippen LogP contribution in [0.15, 0.2) is 94.9 Å². The Kier molecular flexibility index (Phi) is 6.91. The summed E-state index contributed by atoms with van der Waals surface area (Å²) in [6.45, 7) is 1.94. The number of benzene rings is 3. The van der Waals surface area contributed by atoms with E-state index in [1.807, 2.05) is 49.4 Å². The van der Waals surface area contributed by atoms with Gasteiger partial charge in [-0.1, -0.05) is 48.6 Å². The number of fused-ring (bicyclic) bond motifs is 3. The third-order valence-corrected chi connectivity index (χ3v) is 7.73. The first-order chi connectivity index (χ1) is 17.1. The molecule has 1 aliphatic heterocycles. The zero-order valence-corrected chi connectivity index (χ0v) is 20.7. The summed E-state index contributed by atoms with van der Waals surface area (Å²) in [5, 5.41) is 8.15. The Morgan fingerprint density at radius 1 is 1.11 bits per heavy atom. The van der Waals surface area contributed by atoms with Gasteiger partial charge in [-0.3, -0.25) is 4.79 Å². The van der Waals surface area contributed by atoms with Crippen LogP contribution in [0.2, 0.25) is 0 Å². The second-order valence-electron chi connectivity index (χ2n) is 8.88. The average molecular weight is 484 g/mol. The second-order valence-corrected chi connectivity index (χ2v) is 9.93. The third kappa shape index (κ3) is 5.13. The number of thioether (sulfide) groups is 1. The third-order valence-electron chi connectivity index (χ3n) is 6.72. The summed E-state index contributed by atoms with van der Waals surface area (Å²) in [5.41, 5.74) is 8.22. The quantitative estimate of drug-likeness (QED) is 0.183. The number of hydrogen-bond donors (Lipinski definition) is 2. The Hall–Kier alpha value is -3.51. The van der Waals surface area contributed by atoms with Gasteiger partial charge in [-0.25, -0.2) is 5.43 Å². The van der Waals surface area contributed by atoms with Gasteiger partial charge in [-0.2, -0.15) is 5.10 Å². The number of allylic oxidation sites excluding steroid dienone is 2. The van der Waals surface area contributed by atoms with Crippen molar-refractivity contribution in [2.24, 2.45) is 11.0 Å². The van der Waals surface area contributed by atoms with Gasteiger partial charge in [0.15, 0.2) is 0 Å². The Bertz CT molecular complexity index is 1250. The van der Waals surface area contributed by atoms with E-state index in [-0.39, 0.29) is 11.9 Å². The van der Waals surface area contributed by atoms with E-state index in [2.05, 4.69) is 58.3 Å². The van der Waals surface area contributed by atoms with Crippen molar-refractivity contribution < 1.29 is 9.53 Å². The minimum atomic E-state index is -0.112. The van der Waals surface area contributed by atoms with Crippen LogP contribution in [0.5, 0.6) is 5.75 Å². The lowest BCUT2D eigenvalue weighted by atomic mass is 9.76. The first kappa shape index (κ1) is 23.2. The molecule has 0 unspecified atom stereocenters. The van der Waals surface area contributed by atoms with Crippen LogP contribution >= 0.6 is 11.8 Å². The van der Waals surface area contributed by atoms with E-state index in [0.29, 0.717) is 17.6 Å². The molecule has 3 atom stereocenters. The number of amides is 1. The molecule has 3 aromatic rings. The Morgan fingerprint density at radius 2 is 1.91 bits per heavy atom. The van der Waals surface area contributed by atoms with Gasteiger partial charge < -0.3 is 10.1 Å². The number of nitrogens with one attached hydrogen (secondary N) is 2. The standard InChI is InChI=1S/C29H29N3O2S/c1-19(31-32-28(33)18-35-23-7-4-3-5-8-23)21-13-16-27-26(17-21)24-9-6-10-25(24)29(30-27)20-11-14-22(34-2)15-12-20/h3-9,11-17,24-25,29-30H,10,18H2,1-2H3,(H,32,33)/b31-19-/t24-,25+,29+/m1/s1. The summed E-state index contributed by atoms with van der Waals surface area (Å²) >= 11 is 1.50. The number of rotatable bonds is 7. The zero-order valence-electron chi connectivity index (χ0n) is 19.9. The molecule has 0 saturated heterocycles. The van der Waals surface area contributed by atoms with Gasteiger partial charge in [-0.15, -0.1) is 11.8 Å². The lowest BCUT2D eigenvalue weighted by Crippen LogP contribution is -2.29. The predicted octanol–water partition coefficient (Wildman–Crippen LogP) is 6.15. The van der Waals surface area contributed by atoms with Crippen LogP contribution in [-0.4, -0.2) is 24.5 Å². The van der Waals surface area contributed by atoms with Gasteiger partial charge in [0.2, 0.25) is 5.91 Å². The van der Waals surface area contributed by atoms with E-state index in [4.69, 9.17) is 4.74 Å². The lowest BCUT2D eigenvalue weighted by molar-refractivity contribution is -0.118. The van der Waals surface area contributed by atoms with E-state index in [9.17, 15) is 4.79 Å². The molecule has 35 heavy (non-hydrogen) atoms. The number of carbonyl (C=O) groups is 1. The van der Waals surface area contributed by atoms with Crippen molar-refractivity contribution in [3.05, 3.63) is 102 Å². The fourth-order valence-electron chi connectivity index (χ4n) is 4.87. The molecule has 0 aromatic heterocycles. The molecule has 0 bridgehead atoms. The van der Waals surface area contributed by atoms with Crippen LogP contribution in [0.4, 0.5) is 5.69 Å². The fraction of sp³-hybridized carbons (Fsp3) is 0.241. The highest BCUT2D eigenvalue weighted by Crippen LogP contribution is 2.50. The van der Waals surface area contributed by atoms with Crippen LogP contribution in [-0.2, 0) is 4.79 Å². The normalized spacial score (nSPS) is 20.5. The molecule has 6 heteroatoms. The van der Waals surface area contributed by atoms with Crippen LogP contribution in [0.25, 0.3) is 0 Å². The molecule has 1 aliphatic carbocycles. The molecule has 0 radical (unpaired) electrons. The van der Waals surface area contributed by atoms with E-state index >= 15 is 0 Å². The van der Waals surface area contributed by atoms with Crippen LogP contribution in [0, 0.1) is 5.92 Å². The molecule has 5 rings (SSSR count). The van der Waals surface area contributed by atoms with Gasteiger partial charge in [0, 0.05) is 16.5 Å². The molecule has 0 spiro atoms. The van der Waals surface area contributed by atoms with Crippen molar-refractivity contribution in [2.45, 2.75) is 30.2 Å². The number of anilines is 1. The fourth-order valence-corrected chi connectivity index (χ4v) is 5.58. The Labute approximate surface area is 210 Å². The molecule has 1 amide bonds. The maximum absolute atomic E-state index is 12.3. The highest BCUT2D eigenvalue weighted by atomic mass is 32.2. The number of ether oxygens (including phenoxy) is 1. The molecule has 178 valence electrons. The molecule has 0 fully saturated rings. The van der Waals surface area contributed by atoms with Gasteiger partial charge in [0.1, 0.15) is 5.75 Å². The molecular formula is C29H29N3O2S. The van der Waals surface area contributed by atoms with Crippen molar-refractivity contribution in [3.63, 3.8) is 0 Å². The maximum Gasteiger partial charge on any atom is 0.250 e. The van der Waals surface area contributed by atoms with Crippen molar-refractivity contribution in [2.75, 3.05) is 18.2 Å². The molecule has 5 nitrogen and oxygen atoms in total. The molecular weight excluding hydrogens is 454 g/mol. The second kappa shape index (κ2) is 10.4. The number of hydrogen-bond acceptors (Lipinski definition) is 5. The summed E-state index contributed by atoms with van der Waals surface area (Å²) in [5.74, 6) is 1.90. The highest BCUT2D eigenvalue weighted by molar-refractivity contribution is 8.00. The first-order valence-electron chi connectivity index (χ1n) is 11.8. The predicted molar refractivity (Wildman–Crippen MR) is 143 cm³/mol. The van der Waals surface area contributed by atoms with Crippen LogP contribution in [0.1, 0.15) is 42.0 Å². The summed E-state index contributed by atoms with van der Waals surface area (Å²) in [6.07, 6.45) is 5.67. The highest BCUT2D eigenvalue weighted by Gasteiger charge is 2.38. The summed E-state index contributed by atoms with van der Waals surface area (Å²) in [6, 6.07) is 24.9. The topological polar surface area (TPSA) is 62.7 Å². The van der Waals surface area contributed by atoms with Crippen molar-refractivity contribution >= 4 is 29.1 Å². The first-order valence-corrected chi connectivity index (χ1v) is 12.8. The minimum Gasteiger partial charge on any atom is -0.497 e. The zero-order chi connectivity index (χ0) is 24.2. The minimum absolute atomic E-state index is 0.112. The van der Waals surface area contributed by atoms with E-state index in [0.717, 1.165) is 34.0 Å².